The standard InChI is InChI=1S/C24H34F3NO3/c1-2-3-4-5-6-7-8-11-18-31-23(30)19-14-16-28(17-15-19)22(29)20-12-9-10-13-21(20)24(25,26)27/h9-10,12-13,19H,2-8,11,14-18H2,1H3. The molecule has 1 fully saturated rings. The minimum Gasteiger partial charge on any atom is -0.465 e. The summed E-state index contributed by atoms with van der Waals surface area (Å²) < 4.78 is 44.9. The second kappa shape index (κ2) is 12.7. The first-order chi connectivity index (χ1) is 14.8. The Morgan fingerprint density at radius 2 is 1.55 bits per heavy atom. The quantitative estimate of drug-likeness (QED) is 0.302. The molecule has 0 aromatic heterocycles. The number of halogens is 3. The van der Waals surface area contributed by atoms with Gasteiger partial charge in [-0.15, -0.1) is 0 Å². The average molecular weight is 442 g/mol. The SMILES string of the molecule is CCCCCCCCCCOC(=O)C1CCN(C(=O)c2ccccc2C(F)(F)F)CC1. The fourth-order valence-electron chi connectivity index (χ4n) is 3.93. The smallest absolute Gasteiger partial charge is 0.417 e. The molecule has 0 aliphatic carbocycles. The first kappa shape index (κ1) is 25.2. The van der Waals surface area contributed by atoms with Crippen molar-refractivity contribution in [1.29, 1.82) is 0 Å². The summed E-state index contributed by atoms with van der Waals surface area (Å²) in [6.07, 6.45) is 5.60. The minimum absolute atomic E-state index is 0.253. The van der Waals surface area contributed by atoms with Gasteiger partial charge in [0.2, 0.25) is 0 Å². The van der Waals surface area contributed by atoms with Gasteiger partial charge in [-0.25, -0.2) is 0 Å². The van der Waals surface area contributed by atoms with E-state index >= 15 is 0 Å². The van der Waals surface area contributed by atoms with Gasteiger partial charge in [0.05, 0.1) is 23.7 Å². The van der Waals surface area contributed by atoms with E-state index in [1.807, 2.05) is 0 Å². The second-order valence-electron chi connectivity index (χ2n) is 8.25. The van der Waals surface area contributed by atoms with Crippen LogP contribution in [-0.4, -0.2) is 36.5 Å². The number of hydrogen-bond acceptors (Lipinski definition) is 3. The highest BCUT2D eigenvalue weighted by Crippen LogP contribution is 2.33. The average Bonchev–Trinajstić information content (AvgIpc) is 2.77. The molecule has 0 bridgehead atoms. The molecule has 7 heteroatoms. The van der Waals surface area contributed by atoms with Crippen LogP contribution in [0.3, 0.4) is 0 Å². The van der Waals surface area contributed by atoms with Crippen LogP contribution in [0, 0.1) is 5.92 Å². The van der Waals surface area contributed by atoms with Gasteiger partial charge in [-0.2, -0.15) is 13.2 Å². The molecule has 1 amide bonds. The van der Waals surface area contributed by atoms with Gasteiger partial charge in [-0.1, -0.05) is 64.0 Å². The Morgan fingerprint density at radius 3 is 2.16 bits per heavy atom. The van der Waals surface area contributed by atoms with Crippen molar-refractivity contribution in [2.75, 3.05) is 19.7 Å². The van der Waals surface area contributed by atoms with Crippen molar-refractivity contribution in [1.82, 2.24) is 4.90 Å². The summed E-state index contributed by atoms with van der Waals surface area (Å²) in [6.45, 7) is 3.11. The van der Waals surface area contributed by atoms with Crippen molar-refractivity contribution in [3.05, 3.63) is 35.4 Å². The first-order valence-electron chi connectivity index (χ1n) is 11.5. The highest BCUT2D eigenvalue weighted by Gasteiger charge is 2.37. The van der Waals surface area contributed by atoms with Crippen LogP contribution in [0.2, 0.25) is 0 Å². The van der Waals surface area contributed by atoms with Gasteiger partial charge < -0.3 is 9.64 Å². The van der Waals surface area contributed by atoms with Crippen molar-refractivity contribution in [3.63, 3.8) is 0 Å². The molecule has 0 radical (unpaired) electrons. The van der Waals surface area contributed by atoms with E-state index in [9.17, 15) is 22.8 Å². The number of piperidine rings is 1. The molecule has 31 heavy (non-hydrogen) atoms. The van der Waals surface area contributed by atoms with Crippen LogP contribution < -0.4 is 0 Å². The number of carbonyl (C=O) groups excluding carboxylic acids is 2. The Morgan fingerprint density at radius 1 is 0.968 bits per heavy atom. The summed E-state index contributed by atoms with van der Waals surface area (Å²) in [4.78, 5) is 26.3. The number of nitrogens with zero attached hydrogens (tertiary/aromatic N) is 1. The molecular formula is C24H34F3NO3. The highest BCUT2D eigenvalue weighted by molar-refractivity contribution is 5.96. The molecule has 1 aromatic rings. The van der Waals surface area contributed by atoms with Crippen LogP contribution >= 0.6 is 0 Å². The van der Waals surface area contributed by atoms with Crippen LogP contribution in [0.4, 0.5) is 13.2 Å². The molecule has 0 saturated carbocycles. The zero-order chi connectivity index (χ0) is 22.7. The summed E-state index contributed by atoms with van der Waals surface area (Å²) >= 11 is 0. The largest absolute Gasteiger partial charge is 0.465 e. The number of hydrogen-bond donors (Lipinski definition) is 0. The fourth-order valence-corrected chi connectivity index (χ4v) is 3.93. The van der Waals surface area contributed by atoms with Crippen molar-refractivity contribution < 1.29 is 27.5 Å². The van der Waals surface area contributed by atoms with Gasteiger partial charge >= 0.3 is 12.1 Å². The molecule has 0 N–H and O–H groups in total. The van der Waals surface area contributed by atoms with Crippen LogP contribution in [0.5, 0.6) is 0 Å². The summed E-state index contributed by atoms with van der Waals surface area (Å²) in [7, 11) is 0. The van der Waals surface area contributed by atoms with E-state index in [4.69, 9.17) is 4.74 Å². The third-order valence-corrected chi connectivity index (χ3v) is 5.82. The van der Waals surface area contributed by atoms with Gasteiger partial charge in [-0.3, -0.25) is 9.59 Å². The van der Waals surface area contributed by atoms with E-state index in [-0.39, 0.29) is 30.5 Å². The molecule has 0 atom stereocenters. The Balaban J connectivity index is 1.69. The normalized spacial score (nSPS) is 15.2. The topological polar surface area (TPSA) is 46.6 Å². The van der Waals surface area contributed by atoms with Crippen LogP contribution in [0.25, 0.3) is 0 Å². The maximum atomic E-state index is 13.2. The molecule has 4 nitrogen and oxygen atoms in total. The van der Waals surface area contributed by atoms with Crippen molar-refractivity contribution in [2.24, 2.45) is 5.92 Å². The van der Waals surface area contributed by atoms with E-state index in [1.54, 1.807) is 0 Å². The highest BCUT2D eigenvalue weighted by atomic mass is 19.4. The van der Waals surface area contributed by atoms with E-state index in [2.05, 4.69) is 6.92 Å². The Labute approximate surface area is 183 Å². The molecule has 0 spiro atoms. The van der Waals surface area contributed by atoms with Crippen molar-refractivity contribution in [3.8, 4) is 0 Å². The van der Waals surface area contributed by atoms with Crippen LogP contribution in [0.1, 0.15) is 87.1 Å². The molecule has 1 saturated heterocycles. The number of ether oxygens (including phenoxy) is 1. The maximum absolute atomic E-state index is 13.2. The molecule has 2 rings (SSSR count). The van der Waals surface area contributed by atoms with E-state index in [0.717, 1.165) is 25.3 Å². The van der Waals surface area contributed by atoms with E-state index < -0.39 is 17.6 Å². The number of benzene rings is 1. The third kappa shape index (κ3) is 8.19. The number of alkyl halides is 3. The lowest BCUT2D eigenvalue weighted by Gasteiger charge is -2.31. The number of esters is 1. The Bertz CT molecular complexity index is 698. The minimum atomic E-state index is -4.58. The molecule has 1 aliphatic heterocycles. The van der Waals surface area contributed by atoms with Gasteiger partial charge in [0.15, 0.2) is 0 Å². The number of unbranched alkanes of at least 4 members (excludes halogenated alkanes) is 7. The molecular weight excluding hydrogens is 407 g/mol. The van der Waals surface area contributed by atoms with Crippen LogP contribution in [-0.2, 0) is 15.7 Å². The summed E-state index contributed by atoms with van der Waals surface area (Å²) in [6, 6.07) is 4.82. The molecule has 1 heterocycles. The van der Waals surface area contributed by atoms with Gasteiger partial charge in [0.25, 0.3) is 5.91 Å². The van der Waals surface area contributed by atoms with Gasteiger partial charge in [0.1, 0.15) is 0 Å². The van der Waals surface area contributed by atoms with Crippen molar-refractivity contribution >= 4 is 11.9 Å². The Hall–Kier alpha value is -2.05. The van der Waals surface area contributed by atoms with Gasteiger partial charge in [-0.05, 0) is 31.4 Å². The fraction of sp³-hybridized carbons (Fsp3) is 0.667. The number of carbonyl (C=O) groups is 2. The molecule has 174 valence electrons. The Kier molecular flexibility index (Phi) is 10.3. The number of rotatable bonds is 11. The van der Waals surface area contributed by atoms with E-state index in [0.29, 0.717) is 19.4 Å². The monoisotopic (exact) mass is 441 g/mol. The second-order valence-corrected chi connectivity index (χ2v) is 8.25. The zero-order valence-corrected chi connectivity index (χ0v) is 18.4. The maximum Gasteiger partial charge on any atom is 0.417 e. The van der Waals surface area contributed by atoms with Crippen LogP contribution in [0.15, 0.2) is 24.3 Å². The first-order valence-corrected chi connectivity index (χ1v) is 11.5. The summed E-state index contributed by atoms with van der Waals surface area (Å²) in [5.74, 6) is -1.19. The predicted molar refractivity (Wildman–Crippen MR) is 114 cm³/mol. The number of amides is 1. The molecule has 1 aliphatic rings. The molecule has 1 aromatic carbocycles. The van der Waals surface area contributed by atoms with E-state index in [1.165, 1.54) is 55.2 Å². The van der Waals surface area contributed by atoms with Crippen molar-refractivity contribution in [2.45, 2.75) is 77.3 Å². The predicted octanol–water partition coefficient (Wildman–Crippen LogP) is 6.24. The summed E-state index contributed by atoms with van der Waals surface area (Å²) in [5, 5.41) is 0. The number of likely N-dealkylation sites (tertiary alicyclic amines) is 1. The third-order valence-electron chi connectivity index (χ3n) is 5.82. The summed E-state index contributed by atoms with van der Waals surface area (Å²) in [5.41, 5.74) is -1.27. The lowest BCUT2D eigenvalue weighted by Crippen LogP contribution is -2.41. The zero-order valence-electron chi connectivity index (χ0n) is 18.4. The molecule has 0 unspecified atom stereocenters. The van der Waals surface area contributed by atoms with Gasteiger partial charge in [0, 0.05) is 13.1 Å². The lowest BCUT2D eigenvalue weighted by atomic mass is 9.96. The lowest BCUT2D eigenvalue weighted by molar-refractivity contribution is -0.150.